The molecule has 0 spiro atoms. The maximum atomic E-state index is 11.8. The Balaban J connectivity index is 1.78. The van der Waals surface area contributed by atoms with Crippen LogP contribution in [0.15, 0.2) is 16.4 Å². The number of primary amides is 1. The normalized spacial score (nSPS) is 23.5. The number of thioether (sulfide) groups is 2. The third-order valence-corrected chi connectivity index (χ3v) is 5.66. The van der Waals surface area contributed by atoms with Crippen molar-refractivity contribution in [2.75, 3.05) is 11.5 Å². The number of fused-ring (bicyclic) bond motifs is 1. The summed E-state index contributed by atoms with van der Waals surface area (Å²) >= 11 is 2.57. The number of aromatic nitrogens is 3. The van der Waals surface area contributed by atoms with Gasteiger partial charge in [0, 0.05) is 11.5 Å². The van der Waals surface area contributed by atoms with E-state index >= 15 is 0 Å². The van der Waals surface area contributed by atoms with Gasteiger partial charge >= 0.3 is 5.97 Å². The molecule has 12 heteroatoms. The number of carboxylic acids is 1. The van der Waals surface area contributed by atoms with Gasteiger partial charge in [0.15, 0.2) is 0 Å². The highest BCUT2D eigenvalue weighted by molar-refractivity contribution is 8.01. The van der Waals surface area contributed by atoms with E-state index in [-0.39, 0.29) is 27.8 Å². The monoisotopic (exact) mass is 356 g/mol. The molecular weight excluding hydrogens is 344 g/mol. The summed E-state index contributed by atoms with van der Waals surface area (Å²) in [5.74, 6) is -1.64. The van der Waals surface area contributed by atoms with E-state index in [2.05, 4.69) is 15.2 Å². The second-order valence-corrected chi connectivity index (χ2v) is 6.86. The molecule has 0 saturated carbocycles. The summed E-state index contributed by atoms with van der Waals surface area (Å²) in [5.41, 5.74) is 11.3. The molecule has 1 unspecified atom stereocenters. The van der Waals surface area contributed by atoms with Crippen molar-refractivity contribution < 1.29 is 19.5 Å². The molecule has 1 fully saturated rings. The number of carbonyl (C=O) groups excluding carboxylic acids is 2. The van der Waals surface area contributed by atoms with E-state index in [0.717, 1.165) is 11.8 Å². The fourth-order valence-corrected chi connectivity index (χ4v) is 4.49. The molecule has 1 aromatic heterocycles. The number of hydrogen-bond donors (Lipinski definition) is 4. The van der Waals surface area contributed by atoms with Crippen LogP contribution in [0.1, 0.15) is 10.6 Å². The number of nitrogens with two attached hydrogens (primary N) is 2. The van der Waals surface area contributed by atoms with Crippen LogP contribution in [0.4, 0.5) is 0 Å². The number of hydrogen-bond acceptors (Lipinski definition) is 8. The van der Waals surface area contributed by atoms with Crippen LogP contribution < -0.4 is 11.5 Å². The van der Waals surface area contributed by atoms with Crippen LogP contribution in [0.5, 0.6) is 0 Å². The lowest BCUT2D eigenvalue weighted by atomic mass is 10.0. The van der Waals surface area contributed by atoms with Gasteiger partial charge in [-0.05, 0) is 5.57 Å². The number of rotatable bonds is 5. The van der Waals surface area contributed by atoms with Crippen molar-refractivity contribution in [2.45, 2.75) is 16.6 Å². The number of H-pyrrole nitrogens is 1. The van der Waals surface area contributed by atoms with Crippen molar-refractivity contribution in [3.8, 4) is 0 Å². The first-order valence-corrected chi connectivity index (χ1v) is 8.44. The standard InChI is InChI=1S/C11H12N6O4S2/c12-4-8(19)17-5(10(20)21)3(1-22-9(4)17)2-23-11-14-7(6(13)18)15-16-11/h4,9H,1-2,12H2,(H2,13,18)(H,20,21)(H,14,15,16)/t4?,9-/m1/s1. The Morgan fingerprint density at radius 2 is 2.26 bits per heavy atom. The highest BCUT2D eigenvalue weighted by atomic mass is 32.2. The van der Waals surface area contributed by atoms with Gasteiger partial charge in [-0.1, -0.05) is 11.8 Å². The van der Waals surface area contributed by atoms with E-state index in [1.165, 1.54) is 16.7 Å². The molecule has 1 aromatic rings. The van der Waals surface area contributed by atoms with Crippen molar-refractivity contribution in [1.29, 1.82) is 0 Å². The van der Waals surface area contributed by atoms with Crippen LogP contribution in [0.25, 0.3) is 0 Å². The third-order valence-electron chi connectivity index (χ3n) is 3.36. The summed E-state index contributed by atoms with van der Waals surface area (Å²) < 4.78 is 0. The molecule has 0 aliphatic carbocycles. The largest absolute Gasteiger partial charge is 0.477 e. The SMILES string of the molecule is NC(=O)c1nc(SCC2=C(C(=O)O)N3C(=O)C(N)[C@H]3SC2)n[nH]1. The Bertz CT molecular complexity index is 732. The zero-order chi connectivity index (χ0) is 16.7. The first-order valence-electron chi connectivity index (χ1n) is 6.40. The van der Waals surface area contributed by atoms with Crippen molar-refractivity contribution in [3.05, 3.63) is 17.1 Å². The fraction of sp³-hybridized carbons (Fsp3) is 0.364. The van der Waals surface area contributed by atoms with Crippen molar-refractivity contribution in [2.24, 2.45) is 11.5 Å². The lowest BCUT2D eigenvalue weighted by molar-refractivity contribution is -0.147. The molecular formula is C11H12N6O4S2. The Hall–Kier alpha value is -2.05. The topological polar surface area (TPSA) is 168 Å². The van der Waals surface area contributed by atoms with Gasteiger partial charge in [0.2, 0.25) is 16.9 Å². The summed E-state index contributed by atoms with van der Waals surface area (Å²) in [6, 6.07) is -0.658. The highest BCUT2D eigenvalue weighted by Crippen LogP contribution is 2.40. The van der Waals surface area contributed by atoms with Crippen LogP contribution in [0.3, 0.4) is 0 Å². The lowest BCUT2D eigenvalue weighted by Crippen LogP contribution is -2.68. The third kappa shape index (κ3) is 2.68. The molecule has 2 aliphatic rings. The molecule has 1 saturated heterocycles. The summed E-state index contributed by atoms with van der Waals surface area (Å²) in [6.45, 7) is 0. The van der Waals surface area contributed by atoms with Crippen LogP contribution in [-0.2, 0) is 9.59 Å². The number of amides is 2. The predicted molar refractivity (Wildman–Crippen MR) is 81.4 cm³/mol. The Kier molecular flexibility index (Phi) is 4.04. The summed E-state index contributed by atoms with van der Waals surface area (Å²) in [7, 11) is 0. The summed E-state index contributed by atoms with van der Waals surface area (Å²) in [5, 5.41) is 15.6. The Morgan fingerprint density at radius 3 is 2.87 bits per heavy atom. The first-order chi connectivity index (χ1) is 10.9. The van der Waals surface area contributed by atoms with Crippen LogP contribution in [0.2, 0.25) is 0 Å². The fourth-order valence-electron chi connectivity index (χ4n) is 2.26. The van der Waals surface area contributed by atoms with Gasteiger partial charge in [0.1, 0.15) is 17.1 Å². The second-order valence-electron chi connectivity index (χ2n) is 4.81. The van der Waals surface area contributed by atoms with E-state index in [1.807, 2.05) is 0 Å². The number of nitrogens with one attached hydrogen (secondary N) is 1. The minimum atomic E-state index is -1.17. The Labute approximate surface area is 138 Å². The Morgan fingerprint density at radius 1 is 1.52 bits per heavy atom. The predicted octanol–water partition coefficient (Wildman–Crippen LogP) is -1.42. The number of aliphatic carboxylic acids is 1. The maximum absolute atomic E-state index is 11.8. The van der Waals surface area contributed by atoms with Gasteiger partial charge < -0.3 is 16.6 Å². The van der Waals surface area contributed by atoms with E-state index < -0.39 is 23.8 Å². The molecule has 0 aromatic carbocycles. The maximum Gasteiger partial charge on any atom is 0.352 e. The smallest absolute Gasteiger partial charge is 0.352 e. The van der Waals surface area contributed by atoms with Crippen molar-refractivity contribution in [1.82, 2.24) is 20.1 Å². The molecule has 10 nitrogen and oxygen atoms in total. The average molecular weight is 356 g/mol. The van der Waals surface area contributed by atoms with E-state index in [0.29, 0.717) is 11.3 Å². The first kappa shape index (κ1) is 15.8. The van der Waals surface area contributed by atoms with E-state index in [4.69, 9.17) is 11.5 Å². The average Bonchev–Trinajstić information content (AvgIpc) is 3.00. The minimum Gasteiger partial charge on any atom is -0.477 e. The van der Waals surface area contributed by atoms with Crippen LogP contribution in [0, 0.1) is 0 Å². The molecule has 2 aliphatic heterocycles. The summed E-state index contributed by atoms with van der Waals surface area (Å²) in [4.78, 5) is 39.4. The molecule has 3 heterocycles. The van der Waals surface area contributed by atoms with Gasteiger partial charge in [-0.2, -0.15) is 4.98 Å². The number of carboxylic acid groups (broad SMARTS) is 1. The van der Waals surface area contributed by atoms with Gasteiger partial charge in [0.05, 0.1) is 0 Å². The number of carbonyl (C=O) groups is 3. The number of β-lactam (4-membered cyclic amide) rings is 1. The van der Waals surface area contributed by atoms with E-state index in [9.17, 15) is 19.5 Å². The highest BCUT2D eigenvalue weighted by Gasteiger charge is 2.51. The molecule has 0 radical (unpaired) electrons. The van der Waals surface area contributed by atoms with Gasteiger partial charge in [-0.3, -0.25) is 19.6 Å². The molecule has 0 bridgehead atoms. The number of aromatic amines is 1. The zero-order valence-corrected chi connectivity index (χ0v) is 13.2. The van der Waals surface area contributed by atoms with Gasteiger partial charge in [0.25, 0.3) is 5.91 Å². The van der Waals surface area contributed by atoms with Crippen molar-refractivity contribution >= 4 is 41.3 Å². The second kappa shape index (κ2) is 5.86. The zero-order valence-electron chi connectivity index (χ0n) is 11.6. The van der Waals surface area contributed by atoms with Gasteiger partial charge in [-0.25, -0.2) is 4.79 Å². The molecule has 23 heavy (non-hydrogen) atoms. The minimum absolute atomic E-state index is 0.0291. The molecule has 6 N–H and O–H groups in total. The quantitative estimate of drug-likeness (QED) is 0.365. The molecule has 3 rings (SSSR count). The lowest BCUT2D eigenvalue weighted by Gasteiger charge is -2.48. The molecule has 2 atom stereocenters. The van der Waals surface area contributed by atoms with E-state index in [1.54, 1.807) is 0 Å². The van der Waals surface area contributed by atoms with Crippen LogP contribution >= 0.6 is 23.5 Å². The van der Waals surface area contributed by atoms with Gasteiger partial charge in [-0.15, -0.1) is 16.9 Å². The van der Waals surface area contributed by atoms with Crippen LogP contribution in [-0.4, -0.2) is 65.9 Å². The van der Waals surface area contributed by atoms with Crippen molar-refractivity contribution in [3.63, 3.8) is 0 Å². The molecule has 122 valence electrons. The molecule has 2 amide bonds. The number of nitrogens with zero attached hydrogens (tertiary/aromatic N) is 3. The summed E-state index contributed by atoms with van der Waals surface area (Å²) in [6.07, 6.45) is 0.